The van der Waals surface area contributed by atoms with Gasteiger partial charge < -0.3 is 14.6 Å². The van der Waals surface area contributed by atoms with Gasteiger partial charge in [0.05, 0.1) is 18.9 Å². The van der Waals surface area contributed by atoms with Crippen LogP contribution in [-0.4, -0.2) is 45.4 Å². The van der Waals surface area contributed by atoms with Gasteiger partial charge in [0, 0.05) is 24.7 Å². The van der Waals surface area contributed by atoms with E-state index in [-0.39, 0.29) is 18.8 Å². The van der Waals surface area contributed by atoms with Crippen LogP contribution >= 0.6 is 0 Å². The molecular weight excluding hydrogens is 362 g/mol. The standard InChI is InChI=1S/C16H19N3O6S/c1-11-9-14(18-25-11)19(26(3,22)23)8-7-15(20)17-13-6-4-5-12(10-13)16(21)24-2/h4-6,9-10H,7-8H2,1-3H3,(H,17,20). The molecule has 0 aliphatic carbocycles. The molecule has 0 saturated carbocycles. The summed E-state index contributed by atoms with van der Waals surface area (Å²) in [6.07, 6.45) is 0.913. The van der Waals surface area contributed by atoms with E-state index in [1.807, 2.05) is 0 Å². The Kier molecular flexibility index (Phi) is 5.98. The molecule has 1 aromatic carbocycles. The lowest BCUT2D eigenvalue weighted by Gasteiger charge is -2.18. The van der Waals surface area contributed by atoms with E-state index in [0.29, 0.717) is 17.0 Å². The van der Waals surface area contributed by atoms with Crippen molar-refractivity contribution in [2.24, 2.45) is 0 Å². The molecule has 1 aromatic heterocycles. The first-order chi connectivity index (χ1) is 12.2. The molecule has 0 atom stereocenters. The quantitative estimate of drug-likeness (QED) is 0.723. The van der Waals surface area contributed by atoms with Gasteiger partial charge in [-0.2, -0.15) is 0 Å². The zero-order valence-corrected chi connectivity index (χ0v) is 15.4. The number of esters is 1. The maximum absolute atomic E-state index is 12.1. The van der Waals surface area contributed by atoms with Gasteiger partial charge in [0.25, 0.3) is 0 Å². The number of sulfonamides is 1. The number of benzene rings is 1. The third-order valence-corrected chi connectivity index (χ3v) is 4.55. The number of anilines is 2. The molecule has 9 nitrogen and oxygen atoms in total. The van der Waals surface area contributed by atoms with E-state index in [9.17, 15) is 18.0 Å². The molecule has 1 heterocycles. The third kappa shape index (κ3) is 5.06. The number of nitrogens with one attached hydrogen (secondary N) is 1. The lowest BCUT2D eigenvalue weighted by atomic mass is 10.2. The molecule has 1 N–H and O–H groups in total. The Hall–Kier alpha value is -2.88. The number of hydrogen-bond donors (Lipinski definition) is 1. The first kappa shape index (κ1) is 19.4. The van der Waals surface area contributed by atoms with E-state index in [0.717, 1.165) is 10.6 Å². The summed E-state index contributed by atoms with van der Waals surface area (Å²) in [6.45, 7) is 1.53. The van der Waals surface area contributed by atoms with Crippen molar-refractivity contribution >= 4 is 33.4 Å². The van der Waals surface area contributed by atoms with Crippen LogP contribution in [0.25, 0.3) is 0 Å². The van der Waals surface area contributed by atoms with Crippen LogP contribution in [0.1, 0.15) is 22.5 Å². The second-order valence-electron chi connectivity index (χ2n) is 5.50. The highest BCUT2D eigenvalue weighted by Gasteiger charge is 2.21. The first-order valence-electron chi connectivity index (χ1n) is 7.60. The van der Waals surface area contributed by atoms with Crippen molar-refractivity contribution in [1.29, 1.82) is 0 Å². The summed E-state index contributed by atoms with van der Waals surface area (Å²) in [6, 6.07) is 7.71. The van der Waals surface area contributed by atoms with Crippen LogP contribution in [0.4, 0.5) is 11.5 Å². The van der Waals surface area contributed by atoms with Crippen molar-refractivity contribution in [2.75, 3.05) is 29.5 Å². The molecular formula is C16H19N3O6S. The number of rotatable bonds is 7. The van der Waals surface area contributed by atoms with E-state index < -0.39 is 21.9 Å². The van der Waals surface area contributed by atoms with Crippen LogP contribution in [0.2, 0.25) is 0 Å². The Bertz CT molecular complexity index is 906. The molecule has 0 bridgehead atoms. The molecule has 2 aromatic rings. The average molecular weight is 381 g/mol. The zero-order valence-electron chi connectivity index (χ0n) is 14.6. The largest absolute Gasteiger partial charge is 0.465 e. The van der Waals surface area contributed by atoms with E-state index in [4.69, 9.17) is 4.52 Å². The Morgan fingerprint density at radius 1 is 1.31 bits per heavy atom. The molecule has 0 radical (unpaired) electrons. The van der Waals surface area contributed by atoms with Crippen molar-refractivity contribution in [3.05, 3.63) is 41.7 Å². The van der Waals surface area contributed by atoms with Gasteiger partial charge in [-0.1, -0.05) is 11.2 Å². The minimum atomic E-state index is -3.62. The molecule has 0 aliphatic heterocycles. The summed E-state index contributed by atoms with van der Waals surface area (Å²) >= 11 is 0. The van der Waals surface area contributed by atoms with Crippen molar-refractivity contribution in [2.45, 2.75) is 13.3 Å². The van der Waals surface area contributed by atoms with Crippen LogP contribution < -0.4 is 9.62 Å². The van der Waals surface area contributed by atoms with Gasteiger partial charge in [-0.15, -0.1) is 0 Å². The van der Waals surface area contributed by atoms with E-state index in [1.54, 1.807) is 25.1 Å². The SMILES string of the molecule is COC(=O)c1cccc(NC(=O)CCN(c2cc(C)on2)S(C)(=O)=O)c1. The molecule has 1 amide bonds. The predicted molar refractivity (Wildman–Crippen MR) is 94.5 cm³/mol. The highest BCUT2D eigenvalue weighted by molar-refractivity contribution is 7.92. The molecule has 2 rings (SSSR count). The molecule has 0 saturated heterocycles. The number of methoxy groups -OCH3 is 1. The normalized spacial score (nSPS) is 11.0. The monoisotopic (exact) mass is 381 g/mol. The van der Waals surface area contributed by atoms with E-state index in [2.05, 4.69) is 15.2 Å². The number of carbonyl (C=O) groups is 2. The second-order valence-corrected chi connectivity index (χ2v) is 7.41. The van der Waals surface area contributed by atoms with Gasteiger partial charge in [0.1, 0.15) is 5.76 Å². The summed E-state index contributed by atoms with van der Waals surface area (Å²) < 4.78 is 34.4. The van der Waals surface area contributed by atoms with Crippen LogP contribution in [0.15, 0.2) is 34.9 Å². The summed E-state index contributed by atoms with van der Waals surface area (Å²) in [5.74, 6) is -0.366. The predicted octanol–water partition coefficient (Wildman–Crippen LogP) is 1.56. The second kappa shape index (κ2) is 8.00. The summed E-state index contributed by atoms with van der Waals surface area (Å²) in [5.41, 5.74) is 0.697. The van der Waals surface area contributed by atoms with Gasteiger partial charge in [0.15, 0.2) is 5.82 Å². The van der Waals surface area contributed by atoms with Crippen molar-refractivity contribution in [3.8, 4) is 0 Å². The smallest absolute Gasteiger partial charge is 0.337 e. The number of hydrogen-bond acceptors (Lipinski definition) is 7. The fourth-order valence-electron chi connectivity index (χ4n) is 2.19. The highest BCUT2D eigenvalue weighted by atomic mass is 32.2. The van der Waals surface area contributed by atoms with Crippen molar-refractivity contribution in [3.63, 3.8) is 0 Å². The fourth-order valence-corrected chi connectivity index (χ4v) is 3.04. The van der Waals surface area contributed by atoms with Gasteiger partial charge in [0.2, 0.25) is 15.9 Å². The average Bonchev–Trinajstić information content (AvgIpc) is 2.99. The van der Waals surface area contributed by atoms with Crippen molar-refractivity contribution < 1.29 is 27.3 Å². The fraction of sp³-hybridized carbons (Fsp3) is 0.312. The molecule has 0 fully saturated rings. The first-order valence-corrected chi connectivity index (χ1v) is 9.45. The van der Waals surface area contributed by atoms with Crippen LogP contribution in [0.5, 0.6) is 0 Å². The molecule has 0 unspecified atom stereocenters. The maximum Gasteiger partial charge on any atom is 0.337 e. The minimum Gasteiger partial charge on any atom is -0.465 e. The maximum atomic E-state index is 12.1. The lowest BCUT2D eigenvalue weighted by Crippen LogP contribution is -2.33. The molecule has 0 spiro atoms. The van der Waals surface area contributed by atoms with Crippen LogP contribution in [0, 0.1) is 6.92 Å². The van der Waals surface area contributed by atoms with Crippen molar-refractivity contribution in [1.82, 2.24) is 5.16 Å². The zero-order chi connectivity index (χ0) is 19.3. The van der Waals surface area contributed by atoms with E-state index in [1.165, 1.54) is 19.2 Å². The Labute approximate surface area is 151 Å². The molecule has 0 aliphatic rings. The lowest BCUT2D eigenvalue weighted by molar-refractivity contribution is -0.116. The summed E-state index contributed by atoms with van der Waals surface area (Å²) in [4.78, 5) is 23.7. The highest BCUT2D eigenvalue weighted by Crippen LogP contribution is 2.18. The van der Waals surface area contributed by atoms with E-state index >= 15 is 0 Å². The van der Waals surface area contributed by atoms with Gasteiger partial charge in [-0.3, -0.25) is 9.10 Å². The number of nitrogens with zero attached hydrogens (tertiary/aromatic N) is 2. The Balaban J connectivity index is 2.04. The topological polar surface area (TPSA) is 119 Å². The van der Waals surface area contributed by atoms with Gasteiger partial charge >= 0.3 is 5.97 Å². The summed E-state index contributed by atoms with van der Waals surface area (Å²) in [5, 5.41) is 6.29. The number of aryl methyl sites for hydroxylation is 1. The number of aromatic nitrogens is 1. The Morgan fingerprint density at radius 3 is 2.62 bits per heavy atom. The van der Waals surface area contributed by atoms with Crippen LogP contribution in [-0.2, 0) is 19.6 Å². The number of amides is 1. The molecule has 26 heavy (non-hydrogen) atoms. The Morgan fingerprint density at radius 2 is 2.04 bits per heavy atom. The minimum absolute atomic E-state index is 0.104. The third-order valence-electron chi connectivity index (χ3n) is 3.38. The number of carbonyl (C=O) groups excluding carboxylic acids is 2. The molecule has 140 valence electrons. The van der Waals surface area contributed by atoms with Gasteiger partial charge in [-0.25, -0.2) is 13.2 Å². The molecule has 10 heteroatoms. The summed E-state index contributed by atoms with van der Waals surface area (Å²) in [7, 11) is -2.36. The number of ether oxygens (including phenoxy) is 1. The van der Waals surface area contributed by atoms with Crippen LogP contribution in [0.3, 0.4) is 0 Å². The van der Waals surface area contributed by atoms with Gasteiger partial charge in [-0.05, 0) is 25.1 Å².